The number of aryl methyl sites for hydroxylation is 1. The zero-order valence-corrected chi connectivity index (χ0v) is 37.3. The van der Waals surface area contributed by atoms with Crippen LogP contribution in [0.15, 0.2) is 47.5 Å². The summed E-state index contributed by atoms with van der Waals surface area (Å²) in [4.78, 5) is 116. The number of anilines is 4. The first-order valence-electron chi connectivity index (χ1n) is 23.2. The standard InChI is InChI=1S/C47H54N12O7/c1-28-36-27-49-45(52-43(36)59(31-5-3-4-6-31)44(64)39(28)29(2)60)50-37-10-8-33(26-48-37)55-19-17-53(18-20-55)30-11-14-56(15-12-30)47(66)57-23-21-54(22-24-57)32-7-9-34-35(25-32)42(63)40(41(34)62)58-16-13-38(61)51-46(58)65/h7-10,25-27,30-31,40H,3-6,11-24H2,1-2H3,(H,51,61,65)(H,48,49,50,52). The molecule has 1 saturated carbocycles. The minimum atomic E-state index is -1.26. The van der Waals surface area contributed by atoms with Crippen molar-refractivity contribution in [3.63, 3.8) is 0 Å². The van der Waals surface area contributed by atoms with Gasteiger partial charge in [0.05, 0.1) is 17.4 Å². The zero-order chi connectivity index (χ0) is 45.8. The lowest BCUT2D eigenvalue weighted by Gasteiger charge is -2.44. The normalized spacial score (nSPS) is 21.2. The number of Topliss-reactive ketones (excluding diaryl/α,β-unsaturated/α-hetero) is 3. The van der Waals surface area contributed by atoms with Crippen molar-refractivity contribution in [1.82, 2.24) is 44.4 Å². The molecular weight excluding hydrogens is 845 g/mol. The number of fused-ring (bicyclic) bond motifs is 2. The summed E-state index contributed by atoms with van der Waals surface area (Å²) in [5, 5.41) is 6.12. The zero-order valence-electron chi connectivity index (χ0n) is 37.3. The molecule has 1 aromatic carbocycles. The lowest BCUT2D eigenvalue weighted by atomic mass is 10.0. The number of imide groups is 1. The molecule has 3 aromatic heterocycles. The van der Waals surface area contributed by atoms with Crippen LogP contribution in [0.1, 0.15) is 94.5 Å². The van der Waals surface area contributed by atoms with Gasteiger partial charge in [0.1, 0.15) is 11.5 Å². The molecule has 19 nitrogen and oxygen atoms in total. The van der Waals surface area contributed by atoms with Crippen LogP contribution in [-0.2, 0) is 4.79 Å². The Morgan fingerprint density at radius 3 is 2.06 bits per heavy atom. The number of ketones is 3. The van der Waals surface area contributed by atoms with Crippen LogP contribution in [0.2, 0.25) is 0 Å². The lowest BCUT2D eigenvalue weighted by molar-refractivity contribution is -0.121. The topological polar surface area (TPSA) is 207 Å². The maximum absolute atomic E-state index is 13.7. The number of rotatable bonds is 8. The van der Waals surface area contributed by atoms with E-state index in [0.29, 0.717) is 73.7 Å². The quantitative estimate of drug-likeness (QED) is 0.191. The van der Waals surface area contributed by atoms with Crippen LogP contribution in [-0.4, -0.2) is 159 Å². The van der Waals surface area contributed by atoms with Gasteiger partial charge in [-0.2, -0.15) is 4.98 Å². The van der Waals surface area contributed by atoms with E-state index in [1.54, 1.807) is 29.8 Å². The number of carbonyl (C=O) groups is 6. The second-order valence-corrected chi connectivity index (χ2v) is 18.3. The first kappa shape index (κ1) is 43.1. The number of hydrogen-bond acceptors (Lipinski definition) is 14. The third-order valence-electron chi connectivity index (χ3n) is 14.5. The lowest BCUT2D eigenvalue weighted by Crippen LogP contribution is -2.57. The molecule has 66 heavy (non-hydrogen) atoms. The van der Waals surface area contributed by atoms with Crippen molar-refractivity contribution in [2.45, 2.75) is 76.9 Å². The Bertz CT molecular complexity index is 2690. The monoisotopic (exact) mass is 898 g/mol. The Morgan fingerprint density at radius 2 is 1.38 bits per heavy atom. The van der Waals surface area contributed by atoms with E-state index in [-0.39, 0.29) is 53.1 Å². The molecule has 6 aliphatic rings. The fourth-order valence-electron chi connectivity index (χ4n) is 10.9. The second kappa shape index (κ2) is 17.6. The number of piperidine rings is 1. The number of likely N-dealkylation sites (tertiary alicyclic amines) is 1. The molecule has 2 aliphatic carbocycles. The Kier molecular flexibility index (Phi) is 11.5. The minimum Gasteiger partial charge on any atom is -0.368 e. The van der Waals surface area contributed by atoms with Crippen molar-refractivity contribution in [1.29, 1.82) is 0 Å². The third kappa shape index (κ3) is 7.92. The molecule has 1 atom stereocenters. The Balaban J connectivity index is 0.689. The van der Waals surface area contributed by atoms with Gasteiger partial charge in [-0.15, -0.1) is 0 Å². The number of nitrogens with zero attached hydrogens (tertiary/aromatic N) is 10. The average molecular weight is 899 g/mol. The van der Waals surface area contributed by atoms with Gasteiger partial charge >= 0.3 is 12.1 Å². The van der Waals surface area contributed by atoms with E-state index < -0.39 is 29.5 Å². The maximum Gasteiger partial charge on any atom is 0.325 e. The molecule has 2 N–H and O–H groups in total. The van der Waals surface area contributed by atoms with E-state index in [9.17, 15) is 33.6 Å². The summed E-state index contributed by atoms with van der Waals surface area (Å²) in [6, 6.07) is 7.59. The molecule has 4 saturated heterocycles. The first-order chi connectivity index (χ1) is 31.9. The Labute approximate surface area is 381 Å². The fraction of sp³-hybridized carbons (Fsp3) is 0.489. The summed E-state index contributed by atoms with van der Waals surface area (Å²) in [5.74, 6) is -0.632. The molecule has 7 heterocycles. The second-order valence-electron chi connectivity index (χ2n) is 18.3. The van der Waals surface area contributed by atoms with E-state index >= 15 is 0 Å². The van der Waals surface area contributed by atoms with E-state index in [2.05, 4.69) is 35.3 Å². The largest absolute Gasteiger partial charge is 0.368 e. The van der Waals surface area contributed by atoms with Crippen LogP contribution in [0, 0.1) is 6.92 Å². The molecule has 5 fully saturated rings. The predicted octanol–water partition coefficient (Wildman–Crippen LogP) is 3.77. The smallest absolute Gasteiger partial charge is 0.325 e. The van der Waals surface area contributed by atoms with Crippen LogP contribution in [0.25, 0.3) is 11.0 Å². The maximum atomic E-state index is 13.7. The molecule has 1 unspecified atom stereocenters. The summed E-state index contributed by atoms with van der Waals surface area (Å²) >= 11 is 0. The van der Waals surface area contributed by atoms with Crippen molar-refractivity contribution < 1.29 is 28.8 Å². The fourth-order valence-corrected chi connectivity index (χ4v) is 10.9. The van der Waals surface area contributed by atoms with Crippen molar-refractivity contribution in [3.8, 4) is 0 Å². The summed E-state index contributed by atoms with van der Waals surface area (Å²) in [5.41, 5.74) is 3.44. The van der Waals surface area contributed by atoms with Gasteiger partial charge in [0.15, 0.2) is 23.4 Å². The van der Waals surface area contributed by atoms with Gasteiger partial charge in [-0.3, -0.25) is 38.8 Å². The summed E-state index contributed by atoms with van der Waals surface area (Å²) in [7, 11) is 0. The minimum absolute atomic E-state index is 0.00148. The van der Waals surface area contributed by atoms with Gasteiger partial charge in [-0.25, -0.2) is 19.6 Å². The van der Waals surface area contributed by atoms with E-state index in [1.807, 2.05) is 34.2 Å². The number of nitrogens with one attached hydrogen (secondary N) is 2. The molecule has 19 heteroatoms. The van der Waals surface area contributed by atoms with Crippen molar-refractivity contribution in [2.75, 3.05) is 87.1 Å². The highest BCUT2D eigenvalue weighted by atomic mass is 16.2. The number of carbonyl (C=O) groups excluding carboxylic acids is 6. The van der Waals surface area contributed by atoms with Crippen LogP contribution in [0.4, 0.5) is 32.7 Å². The van der Waals surface area contributed by atoms with Crippen molar-refractivity contribution in [3.05, 3.63) is 75.3 Å². The Hall–Kier alpha value is -6.76. The van der Waals surface area contributed by atoms with Crippen LogP contribution in [0.5, 0.6) is 0 Å². The Morgan fingerprint density at radius 1 is 0.712 bits per heavy atom. The number of benzene rings is 1. The van der Waals surface area contributed by atoms with Crippen LogP contribution < -0.4 is 26.0 Å². The molecule has 0 bridgehead atoms. The number of piperazine rings is 2. The molecule has 5 amide bonds. The van der Waals surface area contributed by atoms with Gasteiger partial charge in [0, 0.05) is 119 Å². The highest BCUT2D eigenvalue weighted by molar-refractivity contribution is 6.30. The van der Waals surface area contributed by atoms with Crippen molar-refractivity contribution >= 4 is 69.5 Å². The summed E-state index contributed by atoms with van der Waals surface area (Å²) in [6.45, 7) is 10.4. The van der Waals surface area contributed by atoms with Crippen molar-refractivity contribution in [2.24, 2.45) is 0 Å². The van der Waals surface area contributed by atoms with Gasteiger partial charge in [0.25, 0.3) is 5.56 Å². The number of urea groups is 2. The van der Waals surface area contributed by atoms with Gasteiger partial charge in [0.2, 0.25) is 11.9 Å². The number of amides is 5. The van der Waals surface area contributed by atoms with E-state index in [4.69, 9.17) is 4.98 Å². The molecule has 4 aliphatic heterocycles. The average Bonchev–Trinajstić information content (AvgIpc) is 3.95. The third-order valence-corrected chi connectivity index (χ3v) is 14.5. The molecule has 0 spiro atoms. The molecule has 344 valence electrons. The van der Waals surface area contributed by atoms with E-state index in [0.717, 1.165) is 81.0 Å². The van der Waals surface area contributed by atoms with Gasteiger partial charge < -0.3 is 29.8 Å². The molecule has 10 rings (SSSR count). The highest BCUT2D eigenvalue weighted by Crippen LogP contribution is 2.34. The summed E-state index contributed by atoms with van der Waals surface area (Å²) in [6.07, 6.45) is 9.22. The number of pyridine rings is 2. The SMILES string of the molecule is CC(=O)c1c(C)c2cnc(Nc3ccc(N4CCN(C5CCN(C(=O)N6CCN(c7ccc8c(c7)C(=O)C(N7CCC(=O)NC7=O)C8=O)CC6)CC5)CC4)cn3)nc2n(C2CCCC2)c1=O. The van der Waals surface area contributed by atoms with Gasteiger partial charge in [-0.05, 0) is 75.4 Å². The summed E-state index contributed by atoms with van der Waals surface area (Å²) < 4.78 is 1.71. The molecule has 0 radical (unpaired) electrons. The molecular formula is C47H54N12O7. The highest BCUT2D eigenvalue weighted by Gasteiger charge is 2.46. The van der Waals surface area contributed by atoms with Gasteiger partial charge in [-0.1, -0.05) is 12.8 Å². The number of hydrogen-bond donors (Lipinski definition) is 2. The van der Waals surface area contributed by atoms with Crippen LogP contribution >= 0.6 is 0 Å². The molecule has 4 aromatic rings. The first-order valence-corrected chi connectivity index (χ1v) is 23.2. The predicted molar refractivity (Wildman–Crippen MR) is 245 cm³/mol. The number of aromatic nitrogens is 4. The van der Waals surface area contributed by atoms with E-state index in [1.165, 1.54) is 6.92 Å². The van der Waals surface area contributed by atoms with Crippen LogP contribution in [0.3, 0.4) is 0 Å².